The van der Waals surface area contributed by atoms with E-state index in [4.69, 9.17) is 10.8 Å². The summed E-state index contributed by atoms with van der Waals surface area (Å²) in [4.78, 5) is 22.8. The first-order chi connectivity index (χ1) is 7.82. The summed E-state index contributed by atoms with van der Waals surface area (Å²) in [5.41, 5.74) is 6.31. The number of anilines is 1. The van der Waals surface area contributed by atoms with Gasteiger partial charge in [0.1, 0.15) is 0 Å². The minimum atomic E-state index is -1.12. The number of benzene rings is 1. The van der Waals surface area contributed by atoms with Gasteiger partial charge in [-0.1, -0.05) is 0 Å². The molecule has 0 amide bonds. The summed E-state index contributed by atoms with van der Waals surface area (Å²) in [6, 6.07) is 0. The van der Waals surface area contributed by atoms with E-state index in [1.807, 2.05) is 67.8 Å². The number of carbonyl (C=O) groups is 2. The van der Waals surface area contributed by atoms with Crippen LogP contribution in [0.5, 0.6) is 0 Å². The third-order valence-corrected chi connectivity index (χ3v) is 5.27. The van der Waals surface area contributed by atoms with Gasteiger partial charge in [-0.05, 0) is 67.8 Å². The smallest absolute Gasteiger partial charge is 0.340 e. The topological polar surface area (TPSA) is 89.6 Å². The second kappa shape index (κ2) is 5.86. The Labute approximate surface area is 138 Å². The van der Waals surface area contributed by atoms with Crippen molar-refractivity contribution < 1.29 is 19.4 Å². The van der Waals surface area contributed by atoms with Crippen LogP contribution in [-0.4, -0.2) is 24.2 Å². The SMILES string of the molecule is COC(=O)c1c(I)c(N)c(I)c(C(=O)O)c1I. The summed E-state index contributed by atoms with van der Waals surface area (Å²) >= 11 is 5.58. The number of carboxylic acid groups (broad SMARTS) is 1. The molecular weight excluding hydrogens is 567 g/mol. The summed E-state index contributed by atoms with van der Waals surface area (Å²) in [5.74, 6) is -1.71. The number of halogens is 3. The molecule has 17 heavy (non-hydrogen) atoms. The van der Waals surface area contributed by atoms with Crippen molar-refractivity contribution in [3.63, 3.8) is 0 Å². The van der Waals surface area contributed by atoms with Gasteiger partial charge in [0.25, 0.3) is 0 Å². The molecule has 5 nitrogen and oxygen atoms in total. The molecule has 0 radical (unpaired) electrons. The van der Waals surface area contributed by atoms with Crippen molar-refractivity contribution in [3.05, 3.63) is 21.8 Å². The zero-order chi connectivity index (χ0) is 13.3. The Morgan fingerprint density at radius 3 is 2.00 bits per heavy atom. The van der Waals surface area contributed by atoms with Crippen molar-refractivity contribution in [2.75, 3.05) is 12.8 Å². The number of esters is 1. The van der Waals surface area contributed by atoms with Gasteiger partial charge in [0.2, 0.25) is 0 Å². The second-order valence-electron chi connectivity index (χ2n) is 2.90. The first kappa shape index (κ1) is 15.2. The molecule has 0 aromatic heterocycles. The highest BCUT2D eigenvalue weighted by Gasteiger charge is 2.26. The lowest BCUT2D eigenvalue weighted by Gasteiger charge is -2.13. The van der Waals surface area contributed by atoms with E-state index in [2.05, 4.69) is 4.74 Å². The van der Waals surface area contributed by atoms with E-state index in [-0.39, 0.29) is 16.8 Å². The molecule has 0 bridgehead atoms. The van der Waals surface area contributed by atoms with Crippen LogP contribution in [0.2, 0.25) is 0 Å². The molecule has 1 aromatic rings. The molecule has 0 heterocycles. The Bertz CT molecular complexity index is 516. The highest BCUT2D eigenvalue weighted by molar-refractivity contribution is 14.1. The number of methoxy groups -OCH3 is 1. The number of aromatic carboxylic acids is 1. The molecule has 0 atom stereocenters. The zero-order valence-electron chi connectivity index (χ0n) is 8.38. The highest BCUT2D eigenvalue weighted by atomic mass is 127. The largest absolute Gasteiger partial charge is 0.478 e. The molecule has 1 rings (SSSR count). The molecule has 0 aliphatic heterocycles. The number of hydrogen-bond acceptors (Lipinski definition) is 4. The van der Waals surface area contributed by atoms with Gasteiger partial charge >= 0.3 is 11.9 Å². The number of carboxylic acids is 1. The van der Waals surface area contributed by atoms with Crippen molar-refractivity contribution in [2.24, 2.45) is 0 Å². The van der Waals surface area contributed by atoms with Crippen molar-refractivity contribution in [1.29, 1.82) is 0 Å². The number of carbonyl (C=O) groups excluding carboxylic acids is 1. The summed E-state index contributed by atoms with van der Waals surface area (Å²) in [6.07, 6.45) is 0. The Kier molecular flexibility index (Phi) is 5.24. The van der Waals surface area contributed by atoms with Crippen LogP contribution < -0.4 is 5.73 Å². The number of nitrogen functional groups attached to an aromatic ring is 1. The Morgan fingerprint density at radius 1 is 1.12 bits per heavy atom. The summed E-state index contributed by atoms with van der Waals surface area (Å²) in [5, 5.41) is 9.12. The van der Waals surface area contributed by atoms with Crippen molar-refractivity contribution in [3.8, 4) is 0 Å². The third kappa shape index (κ3) is 2.77. The molecule has 0 aliphatic rings. The fourth-order valence-corrected chi connectivity index (χ4v) is 5.22. The van der Waals surface area contributed by atoms with Gasteiger partial charge in [-0.2, -0.15) is 0 Å². The fraction of sp³-hybridized carbons (Fsp3) is 0.111. The minimum Gasteiger partial charge on any atom is -0.478 e. The predicted molar refractivity (Wildman–Crippen MR) is 87.3 cm³/mol. The first-order valence-electron chi connectivity index (χ1n) is 4.10. The maximum atomic E-state index is 11.6. The number of rotatable bonds is 2. The zero-order valence-corrected chi connectivity index (χ0v) is 14.9. The lowest BCUT2D eigenvalue weighted by atomic mass is 10.1. The van der Waals surface area contributed by atoms with Crippen LogP contribution in [-0.2, 0) is 4.74 Å². The molecule has 0 aliphatic carbocycles. The van der Waals surface area contributed by atoms with Gasteiger partial charge in [0.05, 0.1) is 31.1 Å². The van der Waals surface area contributed by atoms with Crippen molar-refractivity contribution in [2.45, 2.75) is 0 Å². The predicted octanol–water partition coefficient (Wildman–Crippen LogP) is 2.57. The average Bonchev–Trinajstić information content (AvgIpc) is 2.25. The van der Waals surface area contributed by atoms with Gasteiger partial charge in [-0.3, -0.25) is 0 Å². The third-order valence-electron chi connectivity index (χ3n) is 1.95. The first-order valence-corrected chi connectivity index (χ1v) is 7.34. The van der Waals surface area contributed by atoms with E-state index >= 15 is 0 Å². The van der Waals surface area contributed by atoms with Crippen LogP contribution in [0.4, 0.5) is 5.69 Å². The number of nitrogens with two attached hydrogens (primary N) is 1. The second-order valence-corrected chi connectivity index (χ2v) is 6.14. The summed E-state index contributed by atoms with van der Waals surface area (Å²) in [7, 11) is 1.24. The lowest BCUT2D eigenvalue weighted by Crippen LogP contribution is -2.16. The van der Waals surface area contributed by atoms with Crippen LogP contribution in [0.3, 0.4) is 0 Å². The van der Waals surface area contributed by atoms with Crippen molar-refractivity contribution >= 4 is 85.4 Å². The van der Waals surface area contributed by atoms with Crippen molar-refractivity contribution in [1.82, 2.24) is 0 Å². The van der Waals surface area contributed by atoms with Gasteiger partial charge in [0.15, 0.2) is 0 Å². The van der Waals surface area contributed by atoms with E-state index in [0.717, 1.165) is 0 Å². The highest BCUT2D eigenvalue weighted by Crippen LogP contribution is 2.34. The Morgan fingerprint density at radius 2 is 1.59 bits per heavy atom. The van der Waals surface area contributed by atoms with Gasteiger partial charge in [-0.25, -0.2) is 9.59 Å². The maximum absolute atomic E-state index is 11.6. The quantitative estimate of drug-likeness (QED) is 0.323. The van der Waals surface area contributed by atoms with E-state index in [1.165, 1.54) is 7.11 Å². The molecule has 3 N–H and O–H groups in total. The van der Waals surface area contributed by atoms with Crippen LogP contribution in [0.1, 0.15) is 20.7 Å². The van der Waals surface area contributed by atoms with Gasteiger partial charge < -0.3 is 15.6 Å². The number of hydrogen-bond donors (Lipinski definition) is 2. The molecule has 0 saturated carbocycles. The molecule has 92 valence electrons. The normalized spacial score (nSPS) is 10.1. The summed E-state index contributed by atoms with van der Waals surface area (Å²) in [6.45, 7) is 0. The van der Waals surface area contributed by atoms with Gasteiger partial charge in [-0.15, -0.1) is 0 Å². The monoisotopic (exact) mass is 573 g/mol. The van der Waals surface area contributed by atoms with E-state index in [9.17, 15) is 9.59 Å². The van der Waals surface area contributed by atoms with E-state index < -0.39 is 11.9 Å². The molecule has 8 heteroatoms. The molecular formula is C9H6I3NO4. The van der Waals surface area contributed by atoms with Crippen LogP contribution in [0, 0.1) is 10.7 Å². The molecule has 1 aromatic carbocycles. The maximum Gasteiger partial charge on any atom is 0.340 e. The molecule has 0 unspecified atom stereocenters. The van der Waals surface area contributed by atoms with Crippen LogP contribution >= 0.6 is 67.8 Å². The van der Waals surface area contributed by atoms with E-state index in [0.29, 0.717) is 10.7 Å². The standard InChI is InChI=1S/C9H6I3NO4/c1-17-9(16)3-4(10)2(8(14)15)5(11)7(13)6(3)12/h13H2,1H3,(H,14,15). The Hall–Kier alpha value is 0.150. The molecule has 0 fully saturated rings. The van der Waals surface area contributed by atoms with Gasteiger partial charge in [0, 0.05) is 3.57 Å². The van der Waals surface area contributed by atoms with Crippen LogP contribution in [0.25, 0.3) is 0 Å². The average molecular weight is 573 g/mol. The fourth-order valence-electron chi connectivity index (χ4n) is 1.15. The van der Waals surface area contributed by atoms with Crippen LogP contribution in [0.15, 0.2) is 0 Å². The summed E-state index contributed by atoms with van der Waals surface area (Å²) < 4.78 is 5.90. The lowest BCUT2D eigenvalue weighted by molar-refractivity contribution is 0.0598. The Balaban J connectivity index is 3.74. The molecule has 0 saturated heterocycles. The minimum absolute atomic E-state index is 0.0320. The van der Waals surface area contributed by atoms with E-state index in [1.54, 1.807) is 0 Å². The number of ether oxygens (including phenoxy) is 1. The molecule has 0 spiro atoms.